The zero-order chi connectivity index (χ0) is 22.6. The quantitative estimate of drug-likeness (QED) is 0.653. The lowest BCUT2D eigenvalue weighted by Gasteiger charge is -2.41. The van der Waals surface area contributed by atoms with Crippen LogP contribution in [0.15, 0.2) is 78.9 Å². The van der Waals surface area contributed by atoms with Crippen molar-refractivity contribution >= 4 is 11.8 Å². The summed E-state index contributed by atoms with van der Waals surface area (Å²) in [4.78, 5) is 27.2. The van der Waals surface area contributed by atoms with Gasteiger partial charge in [0.15, 0.2) is 5.60 Å². The van der Waals surface area contributed by atoms with Gasteiger partial charge in [0.1, 0.15) is 0 Å². The van der Waals surface area contributed by atoms with Crippen LogP contribution in [-0.2, 0) is 27.2 Å². The Kier molecular flexibility index (Phi) is 6.37. The summed E-state index contributed by atoms with van der Waals surface area (Å²) < 4.78 is 5.95. The van der Waals surface area contributed by atoms with Gasteiger partial charge in [0.25, 0.3) is 5.91 Å². The molecule has 0 bridgehead atoms. The minimum atomic E-state index is -1.24. The Morgan fingerprint density at radius 2 is 1.66 bits per heavy atom. The molecule has 5 heteroatoms. The number of morpholine rings is 1. The molecule has 32 heavy (non-hydrogen) atoms. The molecule has 0 aliphatic carbocycles. The number of carbonyl (C=O) groups is 2. The first kappa shape index (κ1) is 21.8. The fourth-order valence-corrected chi connectivity index (χ4v) is 4.16. The van der Waals surface area contributed by atoms with Crippen molar-refractivity contribution in [2.75, 3.05) is 19.7 Å². The summed E-state index contributed by atoms with van der Waals surface area (Å²) in [5.74, 6) is -0.575. The molecule has 1 aliphatic rings. The number of rotatable bonds is 6. The molecule has 2 amide bonds. The third-order valence-corrected chi connectivity index (χ3v) is 5.99. The van der Waals surface area contributed by atoms with Crippen LogP contribution in [0.4, 0.5) is 0 Å². The molecule has 3 aromatic rings. The largest absolute Gasteiger partial charge is 0.367 e. The summed E-state index contributed by atoms with van der Waals surface area (Å²) >= 11 is 0. The van der Waals surface area contributed by atoms with Gasteiger partial charge in [-0.05, 0) is 29.2 Å². The fraction of sp³-hybridized carbons (Fsp3) is 0.259. The summed E-state index contributed by atoms with van der Waals surface area (Å²) in [7, 11) is 0. The van der Waals surface area contributed by atoms with Crippen molar-refractivity contribution in [1.82, 2.24) is 4.90 Å². The zero-order valence-corrected chi connectivity index (χ0v) is 18.3. The Balaban J connectivity index is 1.53. The van der Waals surface area contributed by atoms with Crippen LogP contribution in [0.3, 0.4) is 0 Å². The van der Waals surface area contributed by atoms with Gasteiger partial charge < -0.3 is 15.4 Å². The molecule has 1 aliphatic heterocycles. The van der Waals surface area contributed by atoms with E-state index >= 15 is 0 Å². The first-order chi connectivity index (χ1) is 15.4. The van der Waals surface area contributed by atoms with Gasteiger partial charge in [0, 0.05) is 13.0 Å². The highest BCUT2D eigenvalue weighted by Gasteiger charge is 2.43. The summed E-state index contributed by atoms with van der Waals surface area (Å²) in [5.41, 5.74) is 9.85. The molecule has 1 fully saturated rings. The molecule has 3 aromatic carbocycles. The number of nitrogens with two attached hydrogens (primary N) is 1. The molecule has 1 saturated heterocycles. The van der Waals surface area contributed by atoms with Crippen LogP contribution in [0.1, 0.15) is 16.7 Å². The molecule has 0 spiro atoms. The van der Waals surface area contributed by atoms with E-state index in [4.69, 9.17) is 10.5 Å². The standard InChI is InChI=1S/C27H28N2O3/c1-20-10-12-23(13-11-20)24-9-5-8-22(16-24)18-27(26(28)31)19-29(14-15-32-27)25(30)17-21-6-3-2-4-7-21/h2-13,16H,14-15,17-19H2,1H3,(H2,28,31). The summed E-state index contributed by atoms with van der Waals surface area (Å²) in [6.07, 6.45) is 0.607. The van der Waals surface area contributed by atoms with E-state index in [9.17, 15) is 9.59 Å². The van der Waals surface area contributed by atoms with Gasteiger partial charge in [0.2, 0.25) is 5.91 Å². The average molecular weight is 429 g/mol. The van der Waals surface area contributed by atoms with Gasteiger partial charge in [-0.3, -0.25) is 9.59 Å². The molecule has 0 saturated carbocycles. The Bertz CT molecular complexity index is 1100. The van der Waals surface area contributed by atoms with Gasteiger partial charge in [-0.1, -0.05) is 84.4 Å². The van der Waals surface area contributed by atoms with Gasteiger partial charge in [-0.15, -0.1) is 0 Å². The molecule has 2 N–H and O–H groups in total. The Morgan fingerprint density at radius 1 is 0.938 bits per heavy atom. The number of primary amides is 1. The fourth-order valence-electron chi connectivity index (χ4n) is 4.16. The lowest BCUT2D eigenvalue weighted by Crippen LogP contribution is -2.61. The highest BCUT2D eigenvalue weighted by molar-refractivity contribution is 5.86. The van der Waals surface area contributed by atoms with Crippen molar-refractivity contribution in [3.63, 3.8) is 0 Å². The smallest absolute Gasteiger partial charge is 0.251 e. The van der Waals surface area contributed by atoms with E-state index in [2.05, 4.69) is 37.3 Å². The normalized spacial score (nSPS) is 18.3. The van der Waals surface area contributed by atoms with Crippen LogP contribution >= 0.6 is 0 Å². The van der Waals surface area contributed by atoms with Crippen molar-refractivity contribution in [2.24, 2.45) is 5.73 Å². The SMILES string of the molecule is Cc1ccc(-c2cccc(CC3(C(N)=O)CN(C(=O)Cc4ccccc4)CCO3)c2)cc1. The Labute approximate surface area is 188 Å². The number of hydrogen-bond acceptors (Lipinski definition) is 3. The van der Waals surface area contributed by atoms with Crippen LogP contribution in [0, 0.1) is 6.92 Å². The summed E-state index contributed by atoms with van der Waals surface area (Å²) in [6.45, 7) is 2.94. The van der Waals surface area contributed by atoms with Crippen molar-refractivity contribution < 1.29 is 14.3 Å². The van der Waals surface area contributed by atoms with E-state index in [1.807, 2.05) is 48.5 Å². The van der Waals surface area contributed by atoms with Crippen molar-refractivity contribution in [1.29, 1.82) is 0 Å². The van der Waals surface area contributed by atoms with Crippen molar-refractivity contribution in [2.45, 2.75) is 25.4 Å². The van der Waals surface area contributed by atoms with Crippen LogP contribution in [-0.4, -0.2) is 42.0 Å². The summed E-state index contributed by atoms with van der Waals surface area (Å²) in [5, 5.41) is 0. The molecule has 1 unspecified atom stereocenters. The van der Waals surface area contributed by atoms with Gasteiger partial charge in [0.05, 0.1) is 19.6 Å². The van der Waals surface area contributed by atoms with E-state index in [0.29, 0.717) is 19.4 Å². The zero-order valence-electron chi connectivity index (χ0n) is 18.3. The van der Waals surface area contributed by atoms with Crippen LogP contribution in [0.25, 0.3) is 11.1 Å². The highest BCUT2D eigenvalue weighted by Crippen LogP contribution is 2.27. The lowest BCUT2D eigenvalue weighted by atomic mass is 9.90. The van der Waals surface area contributed by atoms with Crippen LogP contribution < -0.4 is 5.73 Å². The van der Waals surface area contributed by atoms with Gasteiger partial charge >= 0.3 is 0 Å². The molecule has 164 valence electrons. The topological polar surface area (TPSA) is 72.6 Å². The van der Waals surface area contributed by atoms with Crippen molar-refractivity contribution in [3.05, 3.63) is 95.6 Å². The number of ether oxygens (including phenoxy) is 1. The van der Waals surface area contributed by atoms with E-state index in [0.717, 1.165) is 22.3 Å². The predicted molar refractivity (Wildman–Crippen MR) is 125 cm³/mol. The monoisotopic (exact) mass is 428 g/mol. The third kappa shape index (κ3) is 4.89. The minimum Gasteiger partial charge on any atom is -0.367 e. The van der Waals surface area contributed by atoms with Crippen molar-refractivity contribution in [3.8, 4) is 11.1 Å². The second-order valence-electron chi connectivity index (χ2n) is 8.43. The maximum atomic E-state index is 12.9. The second-order valence-corrected chi connectivity index (χ2v) is 8.43. The van der Waals surface area contributed by atoms with E-state index < -0.39 is 11.5 Å². The molecule has 1 atom stereocenters. The Morgan fingerprint density at radius 3 is 2.38 bits per heavy atom. The highest BCUT2D eigenvalue weighted by atomic mass is 16.5. The van der Waals surface area contributed by atoms with Crippen LogP contribution in [0.2, 0.25) is 0 Å². The molecule has 4 rings (SSSR count). The first-order valence-corrected chi connectivity index (χ1v) is 10.9. The average Bonchev–Trinajstić information content (AvgIpc) is 2.80. The predicted octanol–water partition coefficient (Wildman–Crippen LogP) is 3.53. The Hall–Kier alpha value is -3.44. The maximum Gasteiger partial charge on any atom is 0.251 e. The minimum absolute atomic E-state index is 0.0291. The second kappa shape index (κ2) is 9.37. The number of nitrogens with zero attached hydrogens (tertiary/aromatic N) is 1. The number of carbonyl (C=O) groups excluding carboxylic acids is 2. The molecule has 0 radical (unpaired) electrons. The van der Waals surface area contributed by atoms with Gasteiger partial charge in [-0.25, -0.2) is 0 Å². The number of benzene rings is 3. The molecular weight excluding hydrogens is 400 g/mol. The number of amides is 2. The van der Waals surface area contributed by atoms with E-state index in [1.54, 1.807) is 4.90 Å². The molecule has 5 nitrogen and oxygen atoms in total. The molecule has 1 heterocycles. The number of aryl methyl sites for hydroxylation is 1. The lowest BCUT2D eigenvalue weighted by molar-refractivity contribution is -0.163. The maximum absolute atomic E-state index is 12.9. The van der Waals surface area contributed by atoms with Gasteiger partial charge in [-0.2, -0.15) is 0 Å². The van der Waals surface area contributed by atoms with Crippen LogP contribution in [0.5, 0.6) is 0 Å². The summed E-state index contributed by atoms with van der Waals surface area (Å²) in [6, 6.07) is 26.0. The molecular formula is C27H28N2O3. The van der Waals surface area contributed by atoms with E-state index in [-0.39, 0.29) is 19.1 Å². The third-order valence-electron chi connectivity index (χ3n) is 5.99. The molecule has 0 aromatic heterocycles. The first-order valence-electron chi connectivity index (χ1n) is 10.9. The number of hydrogen-bond donors (Lipinski definition) is 1. The van der Waals surface area contributed by atoms with E-state index in [1.165, 1.54) is 5.56 Å².